The van der Waals surface area contributed by atoms with Gasteiger partial charge < -0.3 is 4.98 Å². The average molecular weight is 234 g/mol. The Morgan fingerprint density at radius 2 is 2.06 bits per heavy atom. The van der Waals surface area contributed by atoms with Crippen molar-refractivity contribution in [2.24, 2.45) is 0 Å². The van der Waals surface area contributed by atoms with E-state index >= 15 is 0 Å². The average Bonchev–Trinajstić information content (AvgIpc) is 2.61. The van der Waals surface area contributed by atoms with Crippen molar-refractivity contribution in [2.45, 2.75) is 26.1 Å². The number of halogens is 1. The highest BCUT2D eigenvalue weighted by Gasteiger charge is 2.10. The Morgan fingerprint density at radius 1 is 1.44 bits per heavy atom. The minimum absolute atomic E-state index is 0.0945. The van der Waals surface area contributed by atoms with Gasteiger partial charge in [-0.1, -0.05) is 6.92 Å². The van der Waals surface area contributed by atoms with Crippen molar-refractivity contribution in [1.82, 2.24) is 4.98 Å². The van der Waals surface area contributed by atoms with Crippen LogP contribution in [0, 0.1) is 29.6 Å². The molecular formula is C12H12ClN3. The number of rotatable bonds is 3. The predicted molar refractivity (Wildman–Crippen MR) is 63.7 cm³/mol. The van der Waals surface area contributed by atoms with Crippen molar-refractivity contribution in [1.29, 1.82) is 10.5 Å². The van der Waals surface area contributed by atoms with Crippen LogP contribution in [-0.2, 0) is 12.3 Å². The second-order valence-corrected chi connectivity index (χ2v) is 3.66. The summed E-state index contributed by atoms with van der Waals surface area (Å²) in [6.07, 6.45) is 2.41. The molecule has 0 unspecified atom stereocenters. The normalized spacial score (nSPS) is 9.31. The summed E-state index contributed by atoms with van der Waals surface area (Å²) in [4.78, 5) is 3.14. The van der Waals surface area contributed by atoms with E-state index in [1.54, 1.807) is 6.08 Å². The lowest BCUT2D eigenvalue weighted by molar-refractivity contribution is 1.11. The van der Waals surface area contributed by atoms with Gasteiger partial charge in [0, 0.05) is 11.4 Å². The number of nitrogens with one attached hydrogen (secondary N) is 1. The monoisotopic (exact) mass is 233 g/mol. The van der Waals surface area contributed by atoms with Gasteiger partial charge in [-0.05, 0) is 30.5 Å². The third kappa shape index (κ3) is 2.27. The number of H-pyrrole nitrogens is 1. The van der Waals surface area contributed by atoms with Crippen molar-refractivity contribution < 1.29 is 0 Å². The largest absolute Gasteiger partial charge is 0.357 e. The van der Waals surface area contributed by atoms with Gasteiger partial charge in [0.25, 0.3) is 0 Å². The Morgan fingerprint density at radius 3 is 2.50 bits per heavy atom. The van der Waals surface area contributed by atoms with E-state index in [-0.39, 0.29) is 5.57 Å². The molecule has 1 aromatic heterocycles. The lowest BCUT2D eigenvalue weighted by atomic mass is 10.1. The third-order valence-electron chi connectivity index (χ3n) is 2.53. The molecule has 0 fully saturated rings. The molecule has 0 aliphatic rings. The number of nitrogens with zero attached hydrogens (tertiary/aromatic N) is 2. The Bertz CT molecular complexity index is 482. The minimum Gasteiger partial charge on any atom is -0.357 e. The molecular weight excluding hydrogens is 222 g/mol. The third-order valence-corrected chi connectivity index (χ3v) is 2.80. The van der Waals surface area contributed by atoms with Crippen molar-refractivity contribution in [3.63, 3.8) is 0 Å². The molecule has 0 saturated carbocycles. The van der Waals surface area contributed by atoms with Gasteiger partial charge in [0.1, 0.15) is 17.7 Å². The van der Waals surface area contributed by atoms with Crippen molar-refractivity contribution in [3.8, 4) is 12.1 Å². The van der Waals surface area contributed by atoms with Gasteiger partial charge in [-0.15, -0.1) is 11.6 Å². The van der Waals surface area contributed by atoms with Gasteiger partial charge in [-0.3, -0.25) is 0 Å². The summed E-state index contributed by atoms with van der Waals surface area (Å²) >= 11 is 5.80. The molecule has 0 aromatic carbocycles. The summed E-state index contributed by atoms with van der Waals surface area (Å²) in [5.41, 5.74) is 4.07. The van der Waals surface area contributed by atoms with Crippen LogP contribution in [0.2, 0.25) is 0 Å². The van der Waals surface area contributed by atoms with Gasteiger partial charge in [-0.2, -0.15) is 10.5 Å². The quantitative estimate of drug-likeness (QED) is 0.644. The van der Waals surface area contributed by atoms with Gasteiger partial charge in [-0.25, -0.2) is 0 Å². The Kier molecular flexibility index (Phi) is 4.17. The molecule has 82 valence electrons. The summed E-state index contributed by atoms with van der Waals surface area (Å²) in [5, 5.41) is 17.4. The molecule has 1 aromatic rings. The van der Waals surface area contributed by atoms with Crippen LogP contribution in [0.25, 0.3) is 6.08 Å². The first-order valence-corrected chi connectivity index (χ1v) is 5.49. The number of hydrogen-bond donors (Lipinski definition) is 1. The number of aromatic amines is 1. The first kappa shape index (κ1) is 12.4. The summed E-state index contributed by atoms with van der Waals surface area (Å²) in [6.45, 7) is 4.02. The molecule has 0 bridgehead atoms. The molecule has 0 atom stereocenters. The highest BCUT2D eigenvalue weighted by Crippen LogP contribution is 2.22. The van der Waals surface area contributed by atoms with Gasteiger partial charge in [0.2, 0.25) is 0 Å². The maximum Gasteiger partial charge on any atom is 0.131 e. The highest BCUT2D eigenvalue weighted by molar-refractivity contribution is 6.17. The number of nitriles is 2. The summed E-state index contributed by atoms with van der Waals surface area (Å²) in [5.74, 6) is 0.404. The summed E-state index contributed by atoms with van der Waals surface area (Å²) < 4.78 is 0. The van der Waals surface area contributed by atoms with E-state index in [1.165, 1.54) is 0 Å². The molecule has 0 radical (unpaired) electrons. The zero-order valence-electron chi connectivity index (χ0n) is 9.26. The van der Waals surface area contributed by atoms with Crippen LogP contribution in [0.3, 0.4) is 0 Å². The van der Waals surface area contributed by atoms with Crippen molar-refractivity contribution >= 4 is 17.7 Å². The second-order valence-electron chi connectivity index (χ2n) is 3.39. The molecule has 16 heavy (non-hydrogen) atoms. The van der Waals surface area contributed by atoms with E-state index in [1.807, 2.05) is 26.0 Å². The van der Waals surface area contributed by atoms with Crippen LogP contribution in [0.15, 0.2) is 5.57 Å². The van der Waals surface area contributed by atoms with Crippen LogP contribution in [0.1, 0.15) is 29.4 Å². The first-order chi connectivity index (χ1) is 7.67. The maximum atomic E-state index is 8.70. The number of allylic oxidation sites excluding steroid dienone is 1. The van der Waals surface area contributed by atoms with E-state index in [9.17, 15) is 0 Å². The first-order valence-electron chi connectivity index (χ1n) is 4.96. The van der Waals surface area contributed by atoms with Gasteiger partial charge in [0.15, 0.2) is 0 Å². The van der Waals surface area contributed by atoms with Crippen molar-refractivity contribution in [2.75, 3.05) is 0 Å². The second kappa shape index (κ2) is 5.39. The number of hydrogen-bond acceptors (Lipinski definition) is 2. The maximum absolute atomic E-state index is 8.70. The Labute approximate surface area is 100.0 Å². The van der Waals surface area contributed by atoms with E-state index in [0.717, 1.165) is 28.9 Å². The molecule has 0 amide bonds. The molecule has 3 nitrogen and oxygen atoms in total. The lowest BCUT2D eigenvalue weighted by Gasteiger charge is -1.96. The molecule has 1 heterocycles. The Balaban J connectivity index is 3.31. The molecule has 0 aliphatic heterocycles. The fourth-order valence-electron chi connectivity index (χ4n) is 1.66. The fourth-order valence-corrected chi connectivity index (χ4v) is 1.93. The SMILES string of the molecule is CCc1c(C=C(C#N)C#N)[nH]c(CCl)c1C. The predicted octanol–water partition coefficient (Wildman–Crippen LogP) is 3.05. The molecule has 0 saturated heterocycles. The van der Waals surface area contributed by atoms with Crippen LogP contribution in [0.4, 0.5) is 0 Å². The molecule has 4 heteroatoms. The van der Waals surface area contributed by atoms with Crippen LogP contribution >= 0.6 is 11.6 Å². The van der Waals surface area contributed by atoms with E-state index in [2.05, 4.69) is 4.98 Å². The molecule has 0 spiro atoms. The highest BCUT2D eigenvalue weighted by atomic mass is 35.5. The topological polar surface area (TPSA) is 63.4 Å². The van der Waals surface area contributed by atoms with Crippen molar-refractivity contribution in [3.05, 3.63) is 28.1 Å². The van der Waals surface area contributed by atoms with Gasteiger partial charge in [0.05, 0.1) is 5.88 Å². The van der Waals surface area contributed by atoms with Crippen LogP contribution in [0.5, 0.6) is 0 Å². The number of alkyl halides is 1. The zero-order valence-corrected chi connectivity index (χ0v) is 10.0. The summed E-state index contributed by atoms with van der Waals surface area (Å²) in [7, 11) is 0. The van der Waals surface area contributed by atoms with Crippen LogP contribution < -0.4 is 0 Å². The zero-order chi connectivity index (χ0) is 12.1. The molecule has 1 N–H and O–H groups in total. The minimum atomic E-state index is 0.0945. The Hall–Kier alpha value is -1.71. The molecule has 0 aliphatic carbocycles. The van der Waals surface area contributed by atoms with E-state index < -0.39 is 0 Å². The van der Waals surface area contributed by atoms with Gasteiger partial charge >= 0.3 is 0 Å². The fraction of sp³-hybridized carbons (Fsp3) is 0.333. The van der Waals surface area contributed by atoms with Crippen LogP contribution in [-0.4, -0.2) is 4.98 Å². The molecule has 1 rings (SSSR count). The number of aromatic nitrogens is 1. The lowest BCUT2D eigenvalue weighted by Crippen LogP contribution is -1.85. The van der Waals surface area contributed by atoms with E-state index in [0.29, 0.717) is 5.88 Å². The summed E-state index contributed by atoms with van der Waals surface area (Å²) in [6, 6.07) is 3.69. The standard InChI is InChI=1S/C12H12ClN3/c1-3-10-8(2)12(5-13)16-11(10)4-9(6-14)7-15/h4,16H,3,5H2,1-2H3. The van der Waals surface area contributed by atoms with E-state index in [4.69, 9.17) is 22.1 Å². The smallest absolute Gasteiger partial charge is 0.131 e.